The van der Waals surface area contributed by atoms with Gasteiger partial charge in [-0.1, -0.05) is 13.0 Å². The minimum Gasteiger partial charge on any atom is -0.469 e. The zero-order valence-electron chi connectivity index (χ0n) is 8.00. The van der Waals surface area contributed by atoms with Gasteiger partial charge in [0.25, 0.3) is 0 Å². The second kappa shape index (κ2) is 3.73. The van der Waals surface area contributed by atoms with Crippen LogP contribution in [0.1, 0.15) is 26.2 Å². The van der Waals surface area contributed by atoms with E-state index in [1.807, 2.05) is 6.92 Å². The Balaban J connectivity index is 2.88. The van der Waals surface area contributed by atoms with Gasteiger partial charge in [0.2, 0.25) is 0 Å². The summed E-state index contributed by atoms with van der Waals surface area (Å²) in [7, 11) is 1.36. The van der Waals surface area contributed by atoms with Crippen molar-refractivity contribution in [2.24, 2.45) is 5.41 Å². The Morgan fingerprint density at radius 2 is 2.38 bits per heavy atom. The van der Waals surface area contributed by atoms with Gasteiger partial charge in [0, 0.05) is 6.42 Å². The van der Waals surface area contributed by atoms with Gasteiger partial charge in [-0.05, 0) is 18.9 Å². The van der Waals surface area contributed by atoms with Crippen LogP contribution in [0.3, 0.4) is 0 Å². The van der Waals surface area contributed by atoms with Crippen LogP contribution in [0.4, 0.5) is 0 Å². The highest BCUT2D eigenvalue weighted by molar-refractivity contribution is 5.95. The first-order valence-corrected chi connectivity index (χ1v) is 4.42. The van der Waals surface area contributed by atoms with Crippen LogP contribution in [0, 0.1) is 5.41 Å². The van der Waals surface area contributed by atoms with Gasteiger partial charge in [-0.2, -0.15) is 0 Å². The van der Waals surface area contributed by atoms with E-state index < -0.39 is 5.41 Å². The lowest BCUT2D eigenvalue weighted by Crippen LogP contribution is -2.35. The minimum atomic E-state index is -0.597. The third kappa shape index (κ3) is 1.79. The van der Waals surface area contributed by atoms with Crippen LogP contribution in [0.15, 0.2) is 12.2 Å². The fourth-order valence-electron chi connectivity index (χ4n) is 1.67. The van der Waals surface area contributed by atoms with Gasteiger partial charge in [0.15, 0.2) is 5.78 Å². The molecule has 3 nitrogen and oxygen atoms in total. The molecule has 13 heavy (non-hydrogen) atoms. The second-order valence-electron chi connectivity index (χ2n) is 3.38. The van der Waals surface area contributed by atoms with E-state index in [1.54, 1.807) is 6.08 Å². The van der Waals surface area contributed by atoms with Gasteiger partial charge in [-0.15, -0.1) is 0 Å². The molecule has 3 heteroatoms. The molecule has 0 heterocycles. The zero-order chi connectivity index (χ0) is 9.90. The van der Waals surface area contributed by atoms with Crippen LogP contribution < -0.4 is 0 Å². The van der Waals surface area contributed by atoms with E-state index in [1.165, 1.54) is 13.2 Å². The van der Waals surface area contributed by atoms with E-state index in [0.717, 1.165) is 0 Å². The highest BCUT2D eigenvalue weighted by Gasteiger charge is 2.40. The molecule has 0 aliphatic heterocycles. The van der Waals surface area contributed by atoms with Gasteiger partial charge in [0.1, 0.15) is 0 Å². The van der Waals surface area contributed by atoms with Crippen LogP contribution in [-0.4, -0.2) is 18.9 Å². The van der Waals surface area contributed by atoms with Gasteiger partial charge >= 0.3 is 5.97 Å². The van der Waals surface area contributed by atoms with E-state index in [9.17, 15) is 9.59 Å². The number of carbonyl (C=O) groups excluding carboxylic acids is 2. The molecule has 0 saturated carbocycles. The summed E-state index contributed by atoms with van der Waals surface area (Å²) in [6, 6.07) is 0. The van der Waals surface area contributed by atoms with Gasteiger partial charge in [-0.25, -0.2) is 0 Å². The van der Waals surface area contributed by atoms with Crippen molar-refractivity contribution in [3.05, 3.63) is 12.2 Å². The maximum Gasteiger partial charge on any atom is 0.312 e. The summed E-state index contributed by atoms with van der Waals surface area (Å²) < 4.78 is 4.71. The van der Waals surface area contributed by atoms with Crippen molar-refractivity contribution in [3.63, 3.8) is 0 Å². The van der Waals surface area contributed by atoms with Gasteiger partial charge in [0.05, 0.1) is 12.5 Å². The predicted octanol–water partition coefficient (Wildman–Crippen LogP) is 1.47. The monoisotopic (exact) mass is 182 g/mol. The summed E-state index contributed by atoms with van der Waals surface area (Å²) in [4.78, 5) is 22.6. The maximum absolute atomic E-state index is 11.5. The third-order valence-corrected chi connectivity index (χ3v) is 2.62. The molecule has 0 N–H and O–H groups in total. The molecule has 1 unspecified atom stereocenters. The molecule has 0 amide bonds. The molecule has 0 aromatic carbocycles. The number of ether oxygens (including phenoxy) is 1. The minimum absolute atomic E-state index is 0.0125. The van der Waals surface area contributed by atoms with E-state index in [2.05, 4.69) is 0 Å². The lowest BCUT2D eigenvalue weighted by molar-refractivity contribution is -0.155. The number of allylic oxidation sites excluding steroid dienone is 2. The largest absolute Gasteiger partial charge is 0.469 e. The van der Waals surface area contributed by atoms with Gasteiger partial charge in [-0.3, -0.25) is 9.59 Å². The van der Waals surface area contributed by atoms with Crippen molar-refractivity contribution in [3.8, 4) is 0 Å². The first-order chi connectivity index (χ1) is 6.14. The fraction of sp³-hybridized carbons (Fsp3) is 0.600. The Hall–Kier alpha value is -1.12. The fourth-order valence-corrected chi connectivity index (χ4v) is 1.67. The number of methoxy groups -OCH3 is 1. The lowest BCUT2D eigenvalue weighted by Gasteiger charge is -2.29. The SMILES string of the molecule is CCC1(C(=O)OC)CC=CC(=O)C1. The van der Waals surface area contributed by atoms with Crippen LogP contribution in [0.5, 0.6) is 0 Å². The van der Waals surface area contributed by atoms with Crippen LogP contribution >= 0.6 is 0 Å². The van der Waals surface area contributed by atoms with Crippen molar-refractivity contribution in [1.29, 1.82) is 0 Å². The van der Waals surface area contributed by atoms with Crippen molar-refractivity contribution >= 4 is 11.8 Å². The molecule has 0 fully saturated rings. The summed E-state index contributed by atoms with van der Waals surface area (Å²) in [6.07, 6.45) is 4.84. The lowest BCUT2D eigenvalue weighted by atomic mass is 9.74. The van der Waals surface area contributed by atoms with E-state index in [0.29, 0.717) is 12.8 Å². The molecule has 1 atom stereocenters. The molecular weight excluding hydrogens is 168 g/mol. The van der Waals surface area contributed by atoms with E-state index in [-0.39, 0.29) is 18.2 Å². The van der Waals surface area contributed by atoms with Crippen LogP contribution in [-0.2, 0) is 14.3 Å². The molecule has 1 aliphatic carbocycles. The summed E-state index contributed by atoms with van der Waals surface area (Å²) in [5.41, 5.74) is -0.597. The average Bonchev–Trinajstić information content (AvgIpc) is 2.16. The van der Waals surface area contributed by atoms with Crippen LogP contribution in [0.25, 0.3) is 0 Å². The zero-order valence-corrected chi connectivity index (χ0v) is 8.00. The number of hydrogen-bond donors (Lipinski definition) is 0. The molecule has 0 radical (unpaired) electrons. The average molecular weight is 182 g/mol. The number of ketones is 1. The van der Waals surface area contributed by atoms with Crippen molar-refractivity contribution in [2.45, 2.75) is 26.2 Å². The Kier molecular flexibility index (Phi) is 2.86. The molecule has 0 saturated heterocycles. The summed E-state index contributed by atoms with van der Waals surface area (Å²) in [5, 5.41) is 0. The normalized spacial score (nSPS) is 27.4. The van der Waals surface area contributed by atoms with Crippen molar-refractivity contribution in [2.75, 3.05) is 7.11 Å². The standard InChI is InChI=1S/C10H14O3/c1-3-10(9(12)13-2)6-4-5-8(11)7-10/h4-5H,3,6-7H2,1-2H3. The molecule has 0 bridgehead atoms. The van der Waals surface area contributed by atoms with E-state index >= 15 is 0 Å². The number of hydrogen-bond acceptors (Lipinski definition) is 3. The van der Waals surface area contributed by atoms with E-state index in [4.69, 9.17) is 4.74 Å². The Morgan fingerprint density at radius 3 is 2.85 bits per heavy atom. The quantitative estimate of drug-likeness (QED) is 0.607. The molecule has 1 aliphatic rings. The Labute approximate surface area is 77.8 Å². The highest BCUT2D eigenvalue weighted by Crippen LogP contribution is 2.35. The maximum atomic E-state index is 11.5. The second-order valence-corrected chi connectivity index (χ2v) is 3.38. The Bertz CT molecular complexity index is 255. The number of esters is 1. The van der Waals surface area contributed by atoms with Crippen molar-refractivity contribution in [1.82, 2.24) is 0 Å². The Morgan fingerprint density at radius 1 is 1.69 bits per heavy atom. The smallest absolute Gasteiger partial charge is 0.312 e. The van der Waals surface area contributed by atoms with Gasteiger partial charge < -0.3 is 4.74 Å². The third-order valence-electron chi connectivity index (χ3n) is 2.62. The first kappa shape index (κ1) is 9.96. The number of rotatable bonds is 2. The summed E-state index contributed by atoms with van der Waals surface area (Å²) in [5.74, 6) is -0.258. The molecule has 1 rings (SSSR count). The first-order valence-electron chi connectivity index (χ1n) is 4.42. The number of carbonyl (C=O) groups is 2. The molecule has 0 aromatic heterocycles. The van der Waals surface area contributed by atoms with Crippen molar-refractivity contribution < 1.29 is 14.3 Å². The molecule has 0 spiro atoms. The summed E-state index contributed by atoms with van der Waals surface area (Å²) in [6.45, 7) is 1.91. The highest BCUT2D eigenvalue weighted by atomic mass is 16.5. The molecule has 72 valence electrons. The molecular formula is C10H14O3. The molecule has 0 aromatic rings. The predicted molar refractivity (Wildman–Crippen MR) is 48.1 cm³/mol. The topological polar surface area (TPSA) is 43.4 Å². The van der Waals surface area contributed by atoms with Crippen LogP contribution in [0.2, 0.25) is 0 Å². The summed E-state index contributed by atoms with van der Waals surface area (Å²) >= 11 is 0.